The number of sulfonamides is 1. The molecule has 2 amide bonds. The molecule has 280 valence electrons. The van der Waals surface area contributed by atoms with Crippen LogP contribution in [0.25, 0.3) is 0 Å². The van der Waals surface area contributed by atoms with Crippen molar-refractivity contribution in [3.8, 4) is 11.5 Å². The molecule has 15 heteroatoms. The molecule has 0 saturated carbocycles. The second-order valence-electron chi connectivity index (χ2n) is 14.0. The number of rotatable bonds is 15. The van der Waals surface area contributed by atoms with Crippen LogP contribution in [0, 0.1) is 17.2 Å². The van der Waals surface area contributed by atoms with Gasteiger partial charge in [0.15, 0.2) is 17.8 Å². The molecule has 2 saturated heterocycles. The van der Waals surface area contributed by atoms with Crippen LogP contribution >= 0.6 is 0 Å². The maximum absolute atomic E-state index is 14.4. The Hall–Kier alpha value is -4.28. The van der Waals surface area contributed by atoms with Crippen molar-refractivity contribution in [2.75, 3.05) is 39.6 Å². The summed E-state index contributed by atoms with van der Waals surface area (Å²) in [4.78, 5) is 25.9. The molecule has 0 radical (unpaired) electrons. The van der Waals surface area contributed by atoms with Gasteiger partial charge in [0, 0.05) is 31.3 Å². The quantitative estimate of drug-likeness (QED) is 0.209. The van der Waals surface area contributed by atoms with E-state index in [4.69, 9.17) is 23.7 Å². The second-order valence-corrected chi connectivity index (χ2v) is 15.9. The monoisotopic (exact) mass is 741 g/mol. The summed E-state index contributed by atoms with van der Waals surface area (Å²) in [5, 5.41) is 17.4. The number of carbonyl (C=O) groups is 2. The average molecular weight is 742 g/mol. The predicted molar refractivity (Wildman–Crippen MR) is 186 cm³/mol. The lowest BCUT2D eigenvalue weighted by Crippen LogP contribution is -2.52. The Morgan fingerprint density at radius 1 is 1.04 bits per heavy atom. The van der Waals surface area contributed by atoms with Gasteiger partial charge in [0.05, 0.1) is 36.2 Å². The van der Waals surface area contributed by atoms with E-state index in [1.807, 2.05) is 44.2 Å². The lowest BCUT2D eigenvalue weighted by molar-refractivity contribution is -0.0907. The molecule has 3 aliphatic heterocycles. The summed E-state index contributed by atoms with van der Waals surface area (Å²) >= 11 is 0. The number of halogens is 1. The summed E-state index contributed by atoms with van der Waals surface area (Å²) in [5.74, 6) is -0.244. The van der Waals surface area contributed by atoms with Gasteiger partial charge in [-0.05, 0) is 66.6 Å². The molecule has 3 aliphatic rings. The molecule has 0 bridgehead atoms. The molecule has 3 N–H and O–H groups in total. The fourth-order valence-corrected chi connectivity index (χ4v) is 8.23. The number of amides is 2. The van der Waals surface area contributed by atoms with E-state index < -0.39 is 57.8 Å². The minimum Gasteiger partial charge on any atom is -0.454 e. The first-order valence-electron chi connectivity index (χ1n) is 17.2. The van der Waals surface area contributed by atoms with Gasteiger partial charge < -0.3 is 39.4 Å². The van der Waals surface area contributed by atoms with Crippen molar-refractivity contribution in [3.63, 3.8) is 0 Å². The zero-order valence-corrected chi connectivity index (χ0v) is 29.9. The van der Waals surface area contributed by atoms with E-state index in [2.05, 4.69) is 10.6 Å². The third kappa shape index (κ3) is 9.19. The number of fused-ring (bicyclic) bond motifs is 2. The molecule has 0 aromatic heterocycles. The highest BCUT2D eigenvalue weighted by Gasteiger charge is 2.44. The average Bonchev–Trinajstić information content (AvgIpc) is 3.87. The highest BCUT2D eigenvalue weighted by molar-refractivity contribution is 7.89. The van der Waals surface area contributed by atoms with Crippen LogP contribution in [0.5, 0.6) is 11.5 Å². The van der Waals surface area contributed by atoms with Crippen molar-refractivity contribution in [3.05, 3.63) is 89.7 Å². The van der Waals surface area contributed by atoms with Crippen molar-refractivity contribution in [1.29, 1.82) is 0 Å². The van der Waals surface area contributed by atoms with Crippen LogP contribution in [-0.2, 0) is 30.7 Å². The Labute approximate surface area is 302 Å². The van der Waals surface area contributed by atoms with Crippen LogP contribution in [-0.4, -0.2) is 94.0 Å². The number of aliphatic hydroxyl groups is 1. The number of aliphatic hydroxyl groups excluding tert-OH is 1. The number of ether oxygens (including phenoxy) is 5. The van der Waals surface area contributed by atoms with Crippen LogP contribution in [0.3, 0.4) is 0 Å². The van der Waals surface area contributed by atoms with E-state index in [0.717, 1.165) is 5.56 Å². The van der Waals surface area contributed by atoms with Crippen molar-refractivity contribution in [2.45, 2.75) is 62.5 Å². The molecule has 52 heavy (non-hydrogen) atoms. The molecule has 6 rings (SSSR count). The molecule has 13 nitrogen and oxygen atoms in total. The maximum atomic E-state index is 14.4. The Balaban J connectivity index is 1.20. The Morgan fingerprint density at radius 2 is 1.79 bits per heavy atom. The van der Waals surface area contributed by atoms with Gasteiger partial charge in [0.1, 0.15) is 11.9 Å². The van der Waals surface area contributed by atoms with E-state index >= 15 is 0 Å². The van der Waals surface area contributed by atoms with Gasteiger partial charge >= 0.3 is 6.09 Å². The fourth-order valence-electron chi connectivity index (χ4n) is 6.57. The molecular formula is C37H44FN3O10S. The van der Waals surface area contributed by atoms with Crippen molar-refractivity contribution < 1.29 is 51.2 Å². The summed E-state index contributed by atoms with van der Waals surface area (Å²) in [5.41, 5.74) is 0.382. The number of carbonyl (C=O) groups excluding carboxylic acids is 2. The first kappa shape index (κ1) is 37.5. The lowest BCUT2D eigenvalue weighted by atomic mass is 9.89. The molecule has 2 fully saturated rings. The molecule has 3 aromatic carbocycles. The summed E-state index contributed by atoms with van der Waals surface area (Å²) in [6.45, 7) is 4.13. The SMILES string of the molecule is CC(C)(CCNC(=O)c1ccc(F)cc1)CN(C[C@@H](O)[C@H](Cc1ccccc1)NC(=O)O[C@H]1CO[C@H]2OCC[C@H]21)S(=O)(=O)c1ccc2c(c1)OCO2. The van der Waals surface area contributed by atoms with Gasteiger partial charge in [-0.15, -0.1) is 0 Å². The number of hydrogen-bond acceptors (Lipinski definition) is 10. The number of nitrogens with one attached hydrogen (secondary N) is 2. The van der Waals surface area contributed by atoms with Gasteiger partial charge in [-0.2, -0.15) is 4.31 Å². The largest absolute Gasteiger partial charge is 0.454 e. The van der Waals surface area contributed by atoms with E-state index in [9.17, 15) is 27.5 Å². The maximum Gasteiger partial charge on any atom is 0.407 e. The number of benzene rings is 3. The molecule has 0 spiro atoms. The number of nitrogens with zero attached hydrogens (tertiary/aromatic N) is 1. The van der Waals surface area contributed by atoms with Crippen molar-refractivity contribution >= 4 is 22.0 Å². The smallest absolute Gasteiger partial charge is 0.407 e. The van der Waals surface area contributed by atoms with E-state index in [1.54, 1.807) is 0 Å². The third-order valence-electron chi connectivity index (χ3n) is 9.48. The predicted octanol–water partition coefficient (Wildman–Crippen LogP) is 3.85. The van der Waals surface area contributed by atoms with Gasteiger partial charge in [-0.3, -0.25) is 4.79 Å². The molecule has 0 aliphatic carbocycles. The van der Waals surface area contributed by atoms with Crippen LogP contribution in [0.15, 0.2) is 77.7 Å². The van der Waals surface area contributed by atoms with Gasteiger partial charge in [-0.25, -0.2) is 17.6 Å². The first-order chi connectivity index (χ1) is 24.9. The first-order valence-corrected chi connectivity index (χ1v) is 18.7. The molecule has 5 atom stereocenters. The van der Waals surface area contributed by atoms with E-state index in [1.165, 1.54) is 46.8 Å². The van der Waals surface area contributed by atoms with Crippen LogP contribution < -0.4 is 20.1 Å². The molecule has 3 aromatic rings. The van der Waals surface area contributed by atoms with Crippen molar-refractivity contribution in [2.24, 2.45) is 11.3 Å². The van der Waals surface area contributed by atoms with Crippen molar-refractivity contribution in [1.82, 2.24) is 14.9 Å². The highest BCUT2D eigenvalue weighted by Crippen LogP contribution is 2.36. The summed E-state index contributed by atoms with van der Waals surface area (Å²) in [6.07, 6.45) is -1.85. The molecule has 3 heterocycles. The number of hydrogen-bond donors (Lipinski definition) is 3. The van der Waals surface area contributed by atoms with Crippen LogP contribution in [0.2, 0.25) is 0 Å². The van der Waals surface area contributed by atoms with Crippen LogP contribution in [0.4, 0.5) is 9.18 Å². The standard InChI is InChI=1S/C37H44FN3O10S/c1-37(2,15-16-39-34(43)25-8-10-26(38)11-9-25)22-41(52(45,46)27-12-13-31-32(19-27)50-23-49-31)20-30(42)29(18-24-6-4-3-5-7-24)40-36(44)51-33-21-48-35-28(33)14-17-47-35/h3-13,19,28-30,33,35,42H,14-18,20-23H2,1-2H3,(H,39,43)(H,40,44)/t28-,29-,30+,33-,35+/m0/s1. The highest BCUT2D eigenvalue weighted by atomic mass is 32.2. The lowest BCUT2D eigenvalue weighted by Gasteiger charge is -2.35. The Kier molecular flexibility index (Phi) is 11.7. The third-order valence-corrected chi connectivity index (χ3v) is 11.3. The normalized spacial score (nSPS) is 20.7. The summed E-state index contributed by atoms with van der Waals surface area (Å²) in [7, 11) is -4.26. The minimum absolute atomic E-state index is 0.0394. The zero-order valence-electron chi connectivity index (χ0n) is 29.0. The molecular weight excluding hydrogens is 697 g/mol. The van der Waals surface area contributed by atoms with Gasteiger partial charge in [-0.1, -0.05) is 44.2 Å². The number of alkyl carbamates (subject to hydrolysis) is 1. The fraction of sp³-hybridized carbons (Fsp3) is 0.459. The summed E-state index contributed by atoms with van der Waals surface area (Å²) in [6, 6.07) is 17.8. The second kappa shape index (κ2) is 16.2. The topological polar surface area (TPSA) is 162 Å². The van der Waals surface area contributed by atoms with E-state index in [0.29, 0.717) is 30.8 Å². The zero-order chi connectivity index (χ0) is 36.9. The Bertz CT molecular complexity index is 1810. The molecule has 0 unspecified atom stereocenters. The van der Waals surface area contributed by atoms with Gasteiger partial charge in [0.2, 0.25) is 16.8 Å². The van der Waals surface area contributed by atoms with Crippen LogP contribution in [0.1, 0.15) is 42.6 Å². The minimum atomic E-state index is -4.26. The summed E-state index contributed by atoms with van der Waals surface area (Å²) < 4.78 is 71.0. The van der Waals surface area contributed by atoms with Gasteiger partial charge in [0.25, 0.3) is 5.91 Å². The van der Waals surface area contributed by atoms with E-state index in [-0.39, 0.29) is 56.0 Å². The Morgan fingerprint density at radius 3 is 2.56 bits per heavy atom.